The van der Waals surface area contributed by atoms with E-state index in [0.717, 1.165) is 0 Å². The zero-order valence-electron chi connectivity index (χ0n) is 22.9. The van der Waals surface area contributed by atoms with Gasteiger partial charge in [0.1, 0.15) is 6.17 Å². The number of hydrogen-bond donors (Lipinski definition) is 0. The predicted octanol–water partition coefficient (Wildman–Crippen LogP) is 10.2. The molecule has 34 heavy (non-hydrogen) atoms. The second kappa shape index (κ2) is 19.8. The SMILES string of the molecule is CCCCCCCCCCCCCCCCN1C=CN(CCCCCCC)C1c1ccccc1. The third-order valence-corrected chi connectivity index (χ3v) is 7.47. The molecule has 2 rings (SSSR count). The molecular formula is C32H56N2. The zero-order valence-corrected chi connectivity index (χ0v) is 22.9. The molecule has 0 aliphatic carbocycles. The van der Waals surface area contributed by atoms with E-state index in [1.807, 2.05) is 0 Å². The lowest BCUT2D eigenvalue weighted by atomic mass is 10.0. The quantitative estimate of drug-likeness (QED) is 0.156. The minimum Gasteiger partial charge on any atom is -0.352 e. The summed E-state index contributed by atoms with van der Waals surface area (Å²) in [7, 11) is 0. The molecule has 1 unspecified atom stereocenters. The number of benzene rings is 1. The standard InChI is InChI=1S/C32H56N2/c1-3-5-7-9-10-11-12-13-14-15-16-17-19-24-28-34-30-29-33(27-23-18-8-6-4-2)32(34)31-25-21-20-22-26-31/h20-22,25-26,29-30,32H,3-19,23-24,27-28H2,1-2H3. The summed E-state index contributed by atoms with van der Waals surface area (Å²) in [5, 5.41) is 0. The monoisotopic (exact) mass is 468 g/mol. The second-order valence-electron chi connectivity index (χ2n) is 10.6. The highest BCUT2D eigenvalue weighted by molar-refractivity contribution is 5.21. The topological polar surface area (TPSA) is 6.48 Å². The molecule has 0 spiro atoms. The molecule has 1 aliphatic rings. The molecule has 194 valence electrons. The van der Waals surface area contributed by atoms with Gasteiger partial charge >= 0.3 is 0 Å². The molecule has 1 aromatic carbocycles. The first-order valence-corrected chi connectivity index (χ1v) is 15.1. The molecule has 0 amide bonds. The third kappa shape index (κ3) is 12.3. The van der Waals surface area contributed by atoms with E-state index in [9.17, 15) is 0 Å². The van der Waals surface area contributed by atoms with Gasteiger partial charge in [-0.3, -0.25) is 0 Å². The summed E-state index contributed by atoms with van der Waals surface area (Å²) in [5.74, 6) is 0. The van der Waals surface area contributed by atoms with Gasteiger partial charge in [-0.15, -0.1) is 0 Å². The molecule has 0 radical (unpaired) electrons. The zero-order chi connectivity index (χ0) is 24.1. The molecule has 2 nitrogen and oxygen atoms in total. The summed E-state index contributed by atoms with van der Waals surface area (Å²) in [6.45, 7) is 6.95. The fourth-order valence-corrected chi connectivity index (χ4v) is 5.31. The summed E-state index contributed by atoms with van der Waals surface area (Å²) in [6.07, 6.45) is 31.8. The normalized spacial score (nSPS) is 15.5. The smallest absolute Gasteiger partial charge is 0.127 e. The Kier molecular flexibility index (Phi) is 16.8. The fourth-order valence-electron chi connectivity index (χ4n) is 5.31. The molecule has 0 aromatic heterocycles. The molecule has 0 saturated heterocycles. The summed E-state index contributed by atoms with van der Waals surface area (Å²) >= 11 is 0. The molecule has 0 saturated carbocycles. The van der Waals surface area contributed by atoms with Crippen molar-refractivity contribution in [1.82, 2.24) is 9.80 Å². The van der Waals surface area contributed by atoms with Crippen molar-refractivity contribution in [3.63, 3.8) is 0 Å². The van der Waals surface area contributed by atoms with E-state index < -0.39 is 0 Å². The van der Waals surface area contributed by atoms with Gasteiger partial charge in [-0.1, -0.05) is 153 Å². The number of nitrogens with zero attached hydrogens (tertiary/aromatic N) is 2. The molecule has 0 N–H and O–H groups in total. The van der Waals surface area contributed by atoms with Crippen molar-refractivity contribution in [1.29, 1.82) is 0 Å². The van der Waals surface area contributed by atoms with Crippen molar-refractivity contribution in [2.45, 2.75) is 142 Å². The average molecular weight is 469 g/mol. The van der Waals surface area contributed by atoms with E-state index in [1.165, 1.54) is 141 Å². The van der Waals surface area contributed by atoms with Crippen LogP contribution in [-0.4, -0.2) is 22.9 Å². The van der Waals surface area contributed by atoms with E-state index in [1.54, 1.807) is 0 Å². The minimum atomic E-state index is 0.398. The number of hydrogen-bond acceptors (Lipinski definition) is 2. The Labute approximate surface area is 213 Å². The van der Waals surface area contributed by atoms with Crippen LogP contribution in [0.2, 0.25) is 0 Å². The summed E-state index contributed by atoms with van der Waals surface area (Å²) in [5.41, 5.74) is 1.44. The van der Waals surface area contributed by atoms with Crippen LogP contribution in [0.1, 0.15) is 148 Å². The highest BCUT2D eigenvalue weighted by Gasteiger charge is 2.26. The lowest BCUT2D eigenvalue weighted by molar-refractivity contribution is 0.150. The van der Waals surface area contributed by atoms with Gasteiger partial charge in [0, 0.05) is 25.5 Å². The Morgan fingerprint density at radius 1 is 0.471 bits per heavy atom. The number of rotatable bonds is 22. The first kappa shape index (κ1) is 28.8. The Hall–Kier alpha value is -1.44. The van der Waals surface area contributed by atoms with Crippen LogP contribution in [0.25, 0.3) is 0 Å². The van der Waals surface area contributed by atoms with Crippen molar-refractivity contribution in [3.05, 3.63) is 48.3 Å². The molecular weight excluding hydrogens is 412 g/mol. The van der Waals surface area contributed by atoms with Gasteiger partial charge in [0.2, 0.25) is 0 Å². The lowest BCUT2D eigenvalue weighted by Gasteiger charge is -2.33. The summed E-state index contributed by atoms with van der Waals surface area (Å²) in [4.78, 5) is 5.16. The Bertz CT molecular complexity index is 596. The summed E-state index contributed by atoms with van der Waals surface area (Å²) < 4.78 is 0. The van der Waals surface area contributed by atoms with Crippen LogP contribution in [0.3, 0.4) is 0 Å². The van der Waals surface area contributed by atoms with Crippen LogP contribution in [0.4, 0.5) is 0 Å². The minimum absolute atomic E-state index is 0.398. The van der Waals surface area contributed by atoms with Gasteiger partial charge in [-0.2, -0.15) is 0 Å². The predicted molar refractivity (Wildman–Crippen MR) is 151 cm³/mol. The van der Waals surface area contributed by atoms with Crippen molar-refractivity contribution in [2.75, 3.05) is 13.1 Å². The van der Waals surface area contributed by atoms with Crippen LogP contribution in [0, 0.1) is 0 Å². The maximum Gasteiger partial charge on any atom is 0.127 e. The van der Waals surface area contributed by atoms with Crippen LogP contribution < -0.4 is 0 Å². The Morgan fingerprint density at radius 2 is 0.824 bits per heavy atom. The highest BCUT2D eigenvalue weighted by atomic mass is 15.4. The molecule has 0 bridgehead atoms. The van der Waals surface area contributed by atoms with E-state index in [-0.39, 0.29) is 0 Å². The van der Waals surface area contributed by atoms with Gasteiger partial charge in [0.25, 0.3) is 0 Å². The van der Waals surface area contributed by atoms with Gasteiger partial charge in [0.15, 0.2) is 0 Å². The van der Waals surface area contributed by atoms with Crippen molar-refractivity contribution < 1.29 is 0 Å². The maximum atomic E-state index is 2.59. The average Bonchev–Trinajstić information content (AvgIpc) is 3.27. The third-order valence-electron chi connectivity index (χ3n) is 7.47. The van der Waals surface area contributed by atoms with Crippen molar-refractivity contribution >= 4 is 0 Å². The van der Waals surface area contributed by atoms with Crippen LogP contribution in [-0.2, 0) is 0 Å². The molecule has 1 aliphatic heterocycles. The van der Waals surface area contributed by atoms with Crippen LogP contribution >= 0.6 is 0 Å². The molecule has 1 heterocycles. The van der Waals surface area contributed by atoms with Gasteiger partial charge < -0.3 is 9.80 Å². The molecule has 0 fully saturated rings. The number of unbranched alkanes of at least 4 members (excludes halogenated alkanes) is 17. The van der Waals surface area contributed by atoms with Gasteiger partial charge in [-0.05, 0) is 18.4 Å². The lowest BCUT2D eigenvalue weighted by Crippen LogP contribution is -2.32. The highest BCUT2D eigenvalue weighted by Crippen LogP contribution is 2.31. The summed E-state index contributed by atoms with van der Waals surface area (Å²) in [6, 6.07) is 11.1. The van der Waals surface area contributed by atoms with E-state index in [2.05, 4.69) is 66.4 Å². The maximum absolute atomic E-state index is 2.59. The van der Waals surface area contributed by atoms with Crippen molar-refractivity contribution in [3.8, 4) is 0 Å². The van der Waals surface area contributed by atoms with E-state index in [0.29, 0.717) is 6.17 Å². The molecule has 1 atom stereocenters. The van der Waals surface area contributed by atoms with Gasteiger partial charge in [0.05, 0.1) is 0 Å². The van der Waals surface area contributed by atoms with Crippen LogP contribution in [0.15, 0.2) is 42.7 Å². The first-order chi connectivity index (χ1) is 16.9. The molecule has 2 heteroatoms. The fraction of sp³-hybridized carbons (Fsp3) is 0.750. The molecule has 1 aromatic rings. The van der Waals surface area contributed by atoms with Crippen LogP contribution in [0.5, 0.6) is 0 Å². The Balaban J connectivity index is 1.56. The first-order valence-electron chi connectivity index (χ1n) is 15.1. The van der Waals surface area contributed by atoms with Crippen molar-refractivity contribution in [2.24, 2.45) is 0 Å². The van der Waals surface area contributed by atoms with E-state index >= 15 is 0 Å². The largest absolute Gasteiger partial charge is 0.352 e. The van der Waals surface area contributed by atoms with E-state index in [4.69, 9.17) is 0 Å². The Morgan fingerprint density at radius 3 is 1.21 bits per heavy atom. The van der Waals surface area contributed by atoms with Gasteiger partial charge in [-0.25, -0.2) is 0 Å². The second-order valence-corrected chi connectivity index (χ2v) is 10.6.